The van der Waals surface area contributed by atoms with Crippen molar-refractivity contribution in [3.8, 4) is 0 Å². The summed E-state index contributed by atoms with van der Waals surface area (Å²) in [5.41, 5.74) is 1.52. The molecule has 1 aromatic heterocycles. The summed E-state index contributed by atoms with van der Waals surface area (Å²) in [6, 6.07) is 5.45. The van der Waals surface area contributed by atoms with Gasteiger partial charge in [-0.15, -0.1) is 0 Å². The molecule has 84 valence electrons. The first-order valence-corrected chi connectivity index (χ1v) is 5.31. The molecule has 0 amide bonds. The average molecular weight is 239 g/mol. The molecule has 1 heterocycles. The van der Waals surface area contributed by atoms with E-state index < -0.39 is 11.9 Å². The summed E-state index contributed by atoms with van der Waals surface area (Å²) < 4.78 is 0. The van der Waals surface area contributed by atoms with Crippen molar-refractivity contribution < 1.29 is 9.90 Å². The van der Waals surface area contributed by atoms with Crippen molar-refractivity contribution >= 4 is 28.6 Å². The Labute approximate surface area is 97.3 Å². The summed E-state index contributed by atoms with van der Waals surface area (Å²) in [7, 11) is 0. The highest BCUT2D eigenvalue weighted by molar-refractivity contribution is 6.34. The molecule has 4 nitrogen and oxygen atoms in total. The van der Waals surface area contributed by atoms with E-state index in [2.05, 4.69) is 9.97 Å². The number of para-hydroxylation sites is 1. The molecule has 0 bridgehead atoms. The normalized spacial score (nSPS) is 12.9. The molecule has 0 saturated carbocycles. The Morgan fingerprint density at radius 3 is 3.00 bits per heavy atom. The minimum atomic E-state index is -0.827. The monoisotopic (exact) mass is 238 g/mol. The fraction of sp³-hybridized carbons (Fsp3) is 0.273. The van der Waals surface area contributed by atoms with E-state index in [0.717, 1.165) is 5.52 Å². The number of rotatable bonds is 3. The largest absolute Gasteiger partial charge is 0.481 e. The van der Waals surface area contributed by atoms with Gasteiger partial charge in [0.1, 0.15) is 11.3 Å². The number of carboxylic acid groups (broad SMARTS) is 1. The molecule has 5 heteroatoms. The standard InChI is InChI=1S/C11H11ClN2O2/c1-6(11(15)16)5-9-13-8-4-2-3-7(12)10(8)14-9/h2-4,6H,5H2,1H3,(H,13,14)(H,15,16). The molecule has 1 unspecified atom stereocenters. The first kappa shape index (κ1) is 11.0. The van der Waals surface area contributed by atoms with E-state index >= 15 is 0 Å². The van der Waals surface area contributed by atoms with Crippen molar-refractivity contribution in [3.63, 3.8) is 0 Å². The first-order valence-electron chi connectivity index (χ1n) is 4.94. The van der Waals surface area contributed by atoms with Crippen LogP contribution in [0.3, 0.4) is 0 Å². The summed E-state index contributed by atoms with van der Waals surface area (Å²) in [5.74, 6) is -0.635. The van der Waals surface area contributed by atoms with Gasteiger partial charge in [0, 0.05) is 6.42 Å². The van der Waals surface area contributed by atoms with Crippen LogP contribution in [0.4, 0.5) is 0 Å². The molecule has 1 aromatic carbocycles. The van der Waals surface area contributed by atoms with Gasteiger partial charge in [0.25, 0.3) is 0 Å². The van der Waals surface area contributed by atoms with Crippen LogP contribution < -0.4 is 0 Å². The fourth-order valence-corrected chi connectivity index (χ4v) is 1.74. The van der Waals surface area contributed by atoms with E-state index in [1.165, 1.54) is 0 Å². The molecule has 1 atom stereocenters. The highest BCUT2D eigenvalue weighted by Gasteiger charge is 2.14. The topological polar surface area (TPSA) is 66.0 Å². The lowest BCUT2D eigenvalue weighted by atomic mass is 10.1. The number of nitrogens with zero attached hydrogens (tertiary/aromatic N) is 1. The van der Waals surface area contributed by atoms with Gasteiger partial charge >= 0.3 is 5.97 Å². The summed E-state index contributed by atoms with van der Waals surface area (Å²) in [6.45, 7) is 1.65. The molecule has 0 aliphatic rings. The van der Waals surface area contributed by atoms with Gasteiger partial charge < -0.3 is 10.1 Å². The van der Waals surface area contributed by atoms with Gasteiger partial charge in [-0.3, -0.25) is 4.79 Å². The number of benzene rings is 1. The van der Waals surface area contributed by atoms with Crippen LogP contribution in [0, 0.1) is 5.92 Å². The number of hydrogen-bond donors (Lipinski definition) is 2. The molecule has 16 heavy (non-hydrogen) atoms. The number of imidazole rings is 1. The highest BCUT2D eigenvalue weighted by atomic mass is 35.5. The van der Waals surface area contributed by atoms with Gasteiger partial charge in [0.2, 0.25) is 0 Å². The Morgan fingerprint density at radius 1 is 1.62 bits per heavy atom. The third-order valence-corrected chi connectivity index (χ3v) is 2.74. The molecule has 2 N–H and O–H groups in total. The van der Waals surface area contributed by atoms with Crippen LogP contribution >= 0.6 is 11.6 Å². The van der Waals surface area contributed by atoms with Gasteiger partial charge in [-0.05, 0) is 12.1 Å². The fourth-order valence-electron chi connectivity index (χ4n) is 1.52. The van der Waals surface area contributed by atoms with E-state index in [9.17, 15) is 4.79 Å². The zero-order valence-corrected chi connectivity index (χ0v) is 9.45. The van der Waals surface area contributed by atoms with Gasteiger partial charge in [-0.2, -0.15) is 0 Å². The van der Waals surface area contributed by atoms with Crippen molar-refractivity contribution in [3.05, 3.63) is 29.0 Å². The maximum absolute atomic E-state index is 10.7. The van der Waals surface area contributed by atoms with E-state index in [4.69, 9.17) is 16.7 Å². The Kier molecular flexibility index (Phi) is 2.83. The molecular formula is C11H11ClN2O2. The number of carbonyl (C=O) groups is 1. The zero-order valence-electron chi connectivity index (χ0n) is 8.70. The van der Waals surface area contributed by atoms with Gasteiger partial charge in [-0.25, -0.2) is 4.98 Å². The van der Waals surface area contributed by atoms with Crippen LogP contribution in [0.25, 0.3) is 11.0 Å². The summed E-state index contributed by atoms with van der Waals surface area (Å²) >= 11 is 5.97. The number of aromatic nitrogens is 2. The highest BCUT2D eigenvalue weighted by Crippen LogP contribution is 2.21. The predicted octanol–water partition coefficient (Wildman–Crippen LogP) is 2.48. The molecule has 0 fully saturated rings. The van der Waals surface area contributed by atoms with E-state index in [0.29, 0.717) is 22.8 Å². The molecular weight excluding hydrogens is 228 g/mol. The second kappa shape index (κ2) is 4.14. The van der Waals surface area contributed by atoms with Crippen LogP contribution in [0.1, 0.15) is 12.7 Å². The van der Waals surface area contributed by atoms with Gasteiger partial charge in [0.05, 0.1) is 16.5 Å². The third-order valence-electron chi connectivity index (χ3n) is 2.43. The Bertz CT molecular complexity index is 536. The van der Waals surface area contributed by atoms with Crippen LogP contribution in [0.15, 0.2) is 18.2 Å². The van der Waals surface area contributed by atoms with Crippen molar-refractivity contribution in [2.45, 2.75) is 13.3 Å². The number of halogens is 1. The lowest BCUT2D eigenvalue weighted by Gasteiger charge is -2.01. The number of aliphatic carboxylic acids is 1. The van der Waals surface area contributed by atoms with Crippen molar-refractivity contribution in [2.24, 2.45) is 5.92 Å². The number of aromatic amines is 1. The molecule has 0 aliphatic carbocycles. The first-order chi connectivity index (χ1) is 7.58. The molecule has 2 aromatic rings. The average Bonchev–Trinajstić information content (AvgIpc) is 2.61. The minimum absolute atomic E-state index is 0.375. The second-order valence-corrected chi connectivity index (χ2v) is 4.17. The van der Waals surface area contributed by atoms with Gasteiger partial charge in [0.15, 0.2) is 0 Å². The lowest BCUT2D eigenvalue weighted by molar-refractivity contribution is -0.141. The van der Waals surface area contributed by atoms with Crippen LogP contribution in [-0.2, 0) is 11.2 Å². The number of fused-ring (bicyclic) bond motifs is 1. The number of hydrogen-bond acceptors (Lipinski definition) is 2. The van der Waals surface area contributed by atoms with Crippen molar-refractivity contribution in [1.29, 1.82) is 0 Å². The molecule has 0 spiro atoms. The Balaban J connectivity index is 2.33. The molecule has 0 aliphatic heterocycles. The van der Waals surface area contributed by atoms with Crippen LogP contribution in [-0.4, -0.2) is 21.0 Å². The number of carboxylic acids is 1. The molecule has 0 radical (unpaired) electrons. The summed E-state index contributed by atoms with van der Waals surface area (Å²) in [5, 5.41) is 9.38. The molecule has 0 saturated heterocycles. The predicted molar refractivity (Wildman–Crippen MR) is 61.6 cm³/mol. The third kappa shape index (κ3) is 2.02. The Hall–Kier alpha value is -1.55. The second-order valence-electron chi connectivity index (χ2n) is 3.76. The quantitative estimate of drug-likeness (QED) is 0.863. The van der Waals surface area contributed by atoms with E-state index in [1.807, 2.05) is 12.1 Å². The number of H-pyrrole nitrogens is 1. The summed E-state index contributed by atoms with van der Waals surface area (Å²) in [4.78, 5) is 18.1. The lowest BCUT2D eigenvalue weighted by Crippen LogP contribution is -2.12. The van der Waals surface area contributed by atoms with Crippen molar-refractivity contribution in [2.75, 3.05) is 0 Å². The minimum Gasteiger partial charge on any atom is -0.481 e. The smallest absolute Gasteiger partial charge is 0.306 e. The van der Waals surface area contributed by atoms with E-state index in [-0.39, 0.29) is 0 Å². The maximum Gasteiger partial charge on any atom is 0.306 e. The van der Waals surface area contributed by atoms with Crippen molar-refractivity contribution in [1.82, 2.24) is 9.97 Å². The number of nitrogens with one attached hydrogen (secondary N) is 1. The SMILES string of the molecule is CC(Cc1nc2c(Cl)cccc2[nH]1)C(=O)O. The van der Waals surface area contributed by atoms with E-state index in [1.54, 1.807) is 13.0 Å². The maximum atomic E-state index is 10.7. The molecule has 2 rings (SSSR count). The van der Waals surface area contributed by atoms with Crippen LogP contribution in [0.2, 0.25) is 5.02 Å². The summed E-state index contributed by atoms with van der Waals surface area (Å²) in [6.07, 6.45) is 0.375. The van der Waals surface area contributed by atoms with Crippen LogP contribution in [0.5, 0.6) is 0 Å². The zero-order chi connectivity index (χ0) is 11.7. The Morgan fingerprint density at radius 2 is 2.38 bits per heavy atom. The van der Waals surface area contributed by atoms with Gasteiger partial charge in [-0.1, -0.05) is 24.6 Å².